The lowest BCUT2D eigenvalue weighted by atomic mass is 10.1. The predicted molar refractivity (Wildman–Crippen MR) is 122 cm³/mol. The normalized spacial score (nSPS) is 12.5. The van der Waals surface area contributed by atoms with Gasteiger partial charge in [0.2, 0.25) is 5.91 Å². The van der Waals surface area contributed by atoms with Crippen molar-refractivity contribution in [2.24, 2.45) is 0 Å². The summed E-state index contributed by atoms with van der Waals surface area (Å²) in [6, 6.07) is 10.2. The van der Waals surface area contributed by atoms with E-state index in [-0.39, 0.29) is 11.4 Å². The van der Waals surface area contributed by atoms with Gasteiger partial charge in [0.15, 0.2) is 17.1 Å². The number of hydrogen-bond acceptors (Lipinski definition) is 5. The van der Waals surface area contributed by atoms with E-state index in [1.54, 1.807) is 22.8 Å². The molecule has 6 nitrogen and oxygen atoms in total. The zero-order chi connectivity index (χ0) is 24.2. The number of alkyl halides is 3. The quantitative estimate of drug-likeness (QED) is 0.377. The van der Waals surface area contributed by atoms with Crippen LogP contribution >= 0.6 is 23.4 Å². The number of para-hydroxylation sites is 1. The number of hydrogen-bond donors (Lipinski definition) is 1. The van der Waals surface area contributed by atoms with Crippen molar-refractivity contribution in [1.29, 1.82) is 0 Å². The van der Waals surface area contributed by atoms with Gasteiger partial charge < -0.3 is 14.6 Å². The molecule has 1 aromatic heterocycles. The number of benzene rings is 2. The van der Waals surface area contributed by atoms with Gasteiger partial charge in [-0.25, -0.2) is 0 Å². The Balaban J connectivity index is 1.67. The van der Waals surface area contributed by atoms with Gasteiger partial charge in [-0.15, -0.1) is 10.2 Å². The Labute approximate surface area is 198 Å². The molecule has 2 aromatic carbocycles. The molecule has 0 aliphatic rings. The van der Waals surface area contributed by atoms with Crippen molar-refractivity contribution in [1.82, 2.24) is 14.8 Å². The van der Waals surface area contributed by atoms with Crippen LogP contribution in [0.4, 0.5) is 18.9 Å². The van der Waals surface area contributed by atoms with Crippen LogP contribution < -0.4 is 10.1 Å². The molecule has 0 saturated carbocycles. The van der Waals surface area contributed by atoms with Crippen molar-refractivity contribution in [3.05, 3.63) is 64.4 Å². The molecule has 0 saturated heterocycles. The zero-order valence-corrected chi connectivity index (χ0v) is 19.7. The fourth-order valence-electron chi connectivity index (χ4n) is 3.15. The molecule has 33 heavy (non-hydrogen) atoms. The summed E-state index contributed by atoms with van der Waals surface area (Å²) in [7, 11) is 0. The molecule has 1 unspecified atom stereocenters. The Kier molecular flexibility index (Phi) is 7.91. The third kappa shape index (κ3) is 6.20. The molecule has 3 aromatic rings. The summed E-state index contributed by atoms with van der Waals surface area (Å²) in [6.07, 6.45) is -4.99. The fourth-order valence-corrected chi connectivity index (χ4v) is 4.18. The molecule has 0 aliphatic heterocycles. The highest BCUT2D eigenvalue weighted by Crippen LogP contribution is 2.35. The van der Waals surface area contributed by atoms with Crippen molar-refractivity contribution in [3.8, 4) is 5.75 Å². The number of carbonyl (C=O) groups excluding carboxylic acids is 1. The zero-order valence-electron chi connectivity index (χ0n) is 18.1. The molecule has 3 rings (SSSR count). The first-order chi connectivity index (χ1) is 15.6. The van der Waals surface area contributed by atoms with Gasteiger partial charge >= 0.3 is 6.18 Å². The van der Waals surface area contributed by atoms with Crippen LogP contribution in [0.25, 0.3) is 0 Å². The van der Waals surface area contributed by atoms with Crippen LogP contribution in [0.3, 0.4) is 0 Å². The first-order valence-electron chi connectivity index (χ1n) is 10.0. The first-order valence-corrected chi connectivity index (χ1v) is 11.4. The molecule has 1 atom stereocenters. The maximum atomic E-state index is 13.1. The highest BCUT2D eigenvalue weighted by atomic mass is 35.5. The van der Waals surface area contributed by atoms with Gasteiger partial charge in [-0.1, -0.05) is 35.5 Å². The van der Waals surface area contributed by atoms with Gasteiger partial charge in [0, 0.05) is 11.6 Å². The molecular formula is C22H22ClF3N4O2S. The Morgan fingerprint density at radius 3 is 2.64 bits per heavy atom. The van der Waals surface area contributed by atoms with Crippen LogP contribution in [0.5, 0.6) is 5.75 Å². The van der Waals surface area contributed by atoms with Crippen molar-refractivity contribution in [2.45, 2.75) is 44.8 Å². The highest BCUT2D eigenvalue weighted by molar-refractivity contribution is 7.99. The second-order valence-corrected chi connectivity index (χ2v) is 8.51. The van der Waals surface area contributed by atoms with E-state index in [2.05, 4.69) is 15.5 Å². The number of ether oxygens (including phenoxy) is 1. The van der Waals surface area contributed by atoms with Gasteiger partial charge in [-0.3, -0.25) is 4.79 Å². The van der Waals surface area contributed by atoms with E-state index in [0.717, 1.165) is 23.4 Å². The van der Waals surface area contributed by atoms with Gasteiger partial charge in [-0.05, 0) is 56.7 Å². The van der Waals surface area contributed by atoms with Gasteiger partial charge in [0.25, 0.3) is 0 Å². The average Bonchev–Trinajstić information content (AvgIpc) is 3.17. The third-order valence-corrected chi connectivity index (χ3v) is 5.91. The number of nitrogens with zero attached hydrogens (tertiary/aromatic N) is 3. The number of amides is 1. The lowest BCUT2D eigenvalue weighted by Gasteiger charge is -2.17. The summed E-state index contributed by atoms with van der Waals surface area (Å²) >= 11 is 7.08. The molecule has 1 heterocycles. The van der Waals surface area contributed by atoms with E-state index in [4.69, 9.17) is 16.3 Å². The first kappa shape index (κ1) is 24.9. The van der Waals surface area contributed by atoms with Crippen LogP contribution in [0.1, 0.15) is 36.9 Å². The minimum atomic E-state index is -4.56. The number of carbonyl (C=O) groups is 1. The molecule has 0 bridgehead atoms. The number of aromatic nitrogens is 3. The summed E-state index contributed by atoms with van der Waals surface area (Å²) in [6.45, 7) is 6.14. The second kappa shape index (κ2) is 10.5. The Hall–Kier alpha value is -2.72. The SMILES string of the molecule is CCn1c(SCC(=O)Nc2ccccc2C(F)(F)F)nnc1C(C)Oc1ccc(Cl)cc1C. The number of rotatable bonds is 8. The maximum Gasteiger partial charge on any atom is 0.418 e. The molecule has 0 aliphatic carbocycles. The standard InChI is InChI=1S/C22H22ClF3N4O2S/c1-4-30-20(14(3)32-18-10-9-15(23)11-13(18)2)28-29-21(30)33-12-19(31)27-17-8-6-5-7-16(17)22(24,25)26/h5-11,14H,4,12H2,1-3H3,(H,27,31). The van der Waals surface area contributed by atoms with Crippen LogP contribution in [0.15, 0.2) is 47.6 Å². The average molecular weight is 499 g/mol. The highest BCUT2D eigenvalue weighted by Gasteiger charge is 2.33. The lowest BCUT2D eigenvalue weighted by molar-refractivity contribution is -0.137. The molecule has 1 N–H and O–H groups in total. The Morgan fingerprint density at radius 1 is 1.24 bits per heavy atom. The number of nitrogens with one attached hydrogen (secondary N) is 1. The minimum Gasteiger partial charge on any atom is -0.482 e. The van der Waals surface area contributed by atoms with Crippen molar-refractivity contribution in [2.75, 3.05) is 11.1 Å². The van der Waals surface area contributed by atoms with E-state index in [9.17, 15) is 18.0 Å². The summed E-state index contributed by atoms with van der Waals surface area (Å²) in [5, 5.41) is 11.7. The van der Waals surface area contributed by atoms with Crippen LogP contribution in [0, 0.1) is 6.92 Å². The number of anilines is 1. The van der Waals surface area contributed by atoms with E-state index in [1.807, 2.05) is 20.8 Å². The van der Waals surface area contributed by atoms with Crippen LogP contribution in [-0.2, 0) is 17.5 Å². The molecule has 0 fully saturated rings. The maximum absolute atomic E-state index is 13.1. The number of thioether (sulfide) groups is 1. The van der Waals surface area contributed by atoms with Gasteiger partial charge in [0.1, 0.15) is 5.75 Å². The van der Waals surface area contributed by atoms with Crippen LogP contribution in [-0.4, -0.2) is 26.4 Å². The van der Waals surface area contributed by atoms with E-state index in [0.29, 0.717) is 28.3 Å². The summed E-state index contributed by atoms with van der Waals surface area (Å²) in [5.41, 5.74) is -0.304. The third-order valence-electron chi connectivity index (χ3n) is 4.70. The molecule has 176 valence electrons. The molecule has 0 radical (unpaired) electrons. The van der Waals surface area contributed by atoms with E-state index in [1.165, 1.54) is 18.2 Å². The molecule has 11 heteroatoms. The Bertz CT molecular complexity index is 1140. The molecule has 1 amide bonds. The predicted octanol–water partition coefficient (Wildman–Crippen LogP) is 6.15. The number of aryl methyl sites for hydroxylation is 1. The van der Waals surface area contributed by atoms with Gasteiger partial charge in [-0.2, -0.15) is 13.2 Å². The summed E-state index contributed by atoms with van der Waals surface area (Å²) in [4.78, 5) is 12.3. The topological polar surface area (TPSA) is 69.0 Å². The van der Waals surface area contributed by atoms with Crippen molar-refractivity contribution in [3.63, 3.8) is 0 Å². The van der Waals surface area contributed by atoms with Crippen LogP contribution in [0.2, 0.25) is 5.02 Å². The van der Waals surface area contributed by atoms with E-state index >= 15 is 0 Å². The van der Waals surface area contributed by atoms with E-state index < -0.39 is 23.8 Å². The molecular weight excluding hydrogens is 477 g/mol. The monoisotopic (exact) mass is 498 g/mol. The minimum absolute atomic E-state index is 0.129. The largest absolute Gasteiger partial charge is 0.482 e. The van der Waals surface area contributed by atoms with Crippen molar-refractivity contribution < 1.29 is 22.7 Å². The Morgan fingerprint density at radius 2 is 1.97 bits per heavy atom. The fraction of sp³-hybridized carbons (Fsp3) is 0.318. The lowest BCUT2D eigenvalue weighted by Crippen LogP contribution is -2.18. The summed E-state index contributed by atoms with van der Waals surface area (Å²) < 4.78 is 47.2. The van der Waals surface area contributed by atoms with Crippen molar-refractivity contribution >= 4 is 35.0 Å². The molecule has 0 spiro atoms. The second-order valence-electron chi connectivity index (χ2n) is 7.14. The van der Waals surface area contributed by atoms with Gasteiger partial charge in [0.05, 0.1) is 17.0 Å². The summed E-state index contributed by atoms with van der Waals surface area (Å²) in [5.74, 6) is 0.521. The number of halogens is 4. The smallest absolute Gasteiger partial charge is 0.418 e.